The Morgan fingerprint density at radius 1 is 1.53 bits per heavy atom. The highest BCUT2D eigenvalue weighted by molar-refractivity contribution is 5.17. The van der Waals surface area contributed by atoms with E-state index in [1.54, 1.807) is 13.3 Å². The molecule has 0 aliphatic carbocycles. The Morgan fingerprint density at radius 2 is 2.35 bits per heavy atom. The van der Waals surface area contributed by atoms with Gasteiger partial charge in [0.05, 0.1) is 13.3 Å². The molecule has 1 unspecified atom stereocenters. The van der Waals surface area contributed by atoms with Gasteiger partial charge in [0.25, 0.3) is 0 Å². The second kappa shape index (κ2) is 5.09. The van der Waals surface area contributed by atoms with Crippen LogP contribution in [-0.4, -0.2) is 26.8 Å². The molecule has 0 spiro atoms. The number of hydrogen-bond donors (Lipinski definition) is 1. The Balaban J connectivity index is 2.12. The van der Waals surface area contributed by atoms with E-state index in [0.717, 1.165) is 23.7 Å². The SMILES string of the molecule is CCNC(Cc1nnn(C)n1)c1coc(C)c1. The number of nitrogens with one attached hydrogen (secondary N) is 1. The summed E-state index contributed by atoms with van der Waals surface area (Å²) in [7, 11) is 1.76. The Morgan fingerprint density at radius 3 is 2.88 bits per heavy atom. The average molecular weight is 235 g/mol. The maximum absolute atomic E-state index is 5.33. The molecule has 92 valence electrons. The molecule has 1 N–H and O–H groups in total. The molecule has 6 nitrogen and oxygen atoms in total. The van der Waals surface area contributed by atoms with Crippen molar-refractivity contribution in [1.29, 1.82) is 0 Å². The summed E-state index contributed by atoms with van der Waals surface area (Å²) >= 11 is 0. The first-order chi connectivity index (χ1) is 8.19. The molecule has 0 aliphatic rings. The lowest BCUT2D eigenvalue weighted by Crippen LogP contribution is -2.23. The number of nitrogens with zero attached hydrogens (tertiary/aromatic N) is 4. The summed E-state index contributed by atoms with van der Waals surface area (Å²) in [4.78, 5) is 1.47. The molecule has 0 aliphatic heterocycles. The summed E-state index contributed by atoms with van der Waals surface area (Å²) < 4.78 is 5.33. The monoisotopic (exact) mass is 235 g/mol. The molecule has 2 aromatic heterocycles. The van der Waals surface area contributed by atoms with Crippen molar-refractivity contribution in [3.63, 3.8) is 0 Å². The third-order valence-electron chi connectivity index (χ3n) is 2.54. The number of hydrogen-bond acceptors (Lipinski definition) is 5. The van der Waals surface area contributed by atoms with Crippen LogP contribution in [-0.2, 0) is 13.5 Å². The number of tetrazole rings is 1. The van der Waals surface area contributed by atoms with E-state index in [1.165, 1.54) is 4.80 Å². The standard InChI is InChI=1S/C11H17N5O/c1-4-12-10(9-5-8(2)17-7-9)6-11-13-15-16(3)14-11/h5,7,10,12H,4,6H2,1-3H3. The van der Waals surface area contributed by atoms with E-state index in [4.69, 9.17) is 4.42 Å². The molecule has 6 heteroatoms. The van der Waals surface area contributed by atoms with Crippen molar-refractivity contribution in [2.24, 2.45) is 7.05 Å². The van der Waals surface area contributed by atoms with Gasteiger partial charge in [-0.25, -0.2) is 0 Å². The van der Waals surface area contributed by atoms with Gasteiger partial charge in [0.1, 0.15) is 5.76 Å². The van der Waals surface area contributed by atoms with Gasteiger partial charge in [-0.1, -0.05) is 6.92 Å². The molecule has 2 aromatic rings. The van der Waals surface area contributed by atoms with Gasteiger partial charge in [0, 0.05) is 18.0 Å². The summed E-state index contributed by atoms with van der Waals surface area (Å²) in [5, 5.41) is 15.4. The van der Waals surface area contributed by atoms with Crippen molar-refractivity contribution in [3.8, 4) is 0 Å². The molecule has 0 saturated carbocycles. The molecule has 0 fully saturated rings. The van der Waals surface area contributed by atoms with E-state index in [-0.39, 0.29) is 6.04 Å². The fourth-order valence-corrected chi connectivity index (χ4v) is 1.79. The highest BCUT2D eigenvalue weighted by atomic mass is 16.3. The largest absolute Gasteiger partial charge is 0.469 e. The van der Waals surface area contributed by atoms with Crippen LogP contribution in [0.5, 0.6) is 0 Å². The molecule has 1 atom stereocenters. The summed E-state index contributed by atoms with van der Waals surface area (Å²) in [6.45, 7) is 4.90. The highest BCUT2D eigenvalue weighted by Gasteiger charge is 2.16. The zero-order chi connectivity index (χ0) is 12.3. The highest BCUT2D eigenvalue weighted by Crippen LogP contribution is 2.19. The van der Waals surface area contributed by atoms with Crippen LogP contribution in [0.1, 0.15) is 30.1 Å². The summed E-state index contributed by atoms with van der Waals surface area (Å²) in [6, 6.07) is 2.20. The molecule has 0 bridgehead atoms. The first-order valence-electron chi connectivity index (χ1n) is 5.70. The molecule has 0 amide bonds. The van der Waals surface area contributed by atoms with Gasteiger partial charge in [-0.05, 0) is 24.7 Å². The van der Waals surface area contributed by atoms with E-state index >= 15 is 0 Å². The van der Waals surface area contributed by atoms with E-state index in [2.05, 4.69) is 27.7 Å². The Bertz CT molecular complexity index is 476. The van der Waals surface area contributed by atoms with Gasteiger partial charge in [0.2, 0.25) is 0 Å². The van der Waals surface area contributed by atoms with Crippen LogP contribution in [0, 0.1) is 6.92 Å². The second-order valence-corrected chi connectivity index (χ2v) is 4.00. The van der Waals surface area contributed by atoms with Gasteiger partial charge >= 0.3 is 0 Å². The minimum Gasteiger partial charge on any atom is -0.469 e. The maximum Gasteiger partial charge on any atom is 0.176 e. The number of rotatable bonds is 5. The van der Waals surface area contributed by atoms with Gasteiger partial charge < -0.3 is 9.73 Å². The van der Waals surface area contributed by atoms with Gasteiger partial charge in [-0.2, -0.15) is 4.80 Å². The van der Waals surface area contributed by atoms with Crippen LogP contribution < -0.4 is 5.32 Å². The Labute approximate surface area is 100 Å². The number of likely N-dealkylation sites (N-methyl/N-ethyl adjacent to an activating group) is 1. The van der Waals surface area contributed by atoms with Crippen LogP contribution in [0.3, 0.4) is 0 Å². The van der Waals surface area contributed by atoms with Crippen molar-refractivity contribution >= 4 is 0 Å². The predicted molar refractivity (Wildman–Crippen MR) is 62.4 cm³/mol. The van der Waals surface area contributed by atoms with Gasteiger partial charge in [0.15, 0.2) is 5.82 Å². The molecular formula is C11H17N5O. The minimum absolute atomic E-state index is 0.168. The third-order valence-corrected chi connectivity index (χ3v) is 2.54. The summed E-state index contributed by atoms with van der Waals surface area (Å²) in [5.74, 6) is 1.65. The zero-order valence-corrected chi connectivity index (χ0v) is 10.3. The summed E-state index contributed by atoms with van der Waals surface area (Å²) in [5.41, 5.74) is 1.12. The van der Waals surface area contributed by atoms with Crippen molar-refractivity contribution in [2.45, 2.75) is 26.3 Å². The Kier molecular flexibility index (Phi) is 3.53. The lowest BCUT2D eigenvalue weighted by Gasteiger charge is -2.13. The number of furan rings is 1. The first-order valence-corrected chi connectivity index (χ1v) is 5.70. The average Bonchev–Trinajstić information content (AvgIpc) is 2.87. The van der Waals surface area contributed by atoms with Crippen molar-refractivity contribution < 1.29 is 4.42 Å². The quantitative estimate of drug-likeness (QED) is 0.837. The molecule has 17 heavy (non-hydrogen) atoms. The molecule has 0 saturated heterocycles. The molecule has 2 heterocycles. The van der Waals surface area contributed by atoms with Crippen LogP contribution in [0.15, 0.2) is 16.7 Å². The fraction of sp³-hybridized carbons (Fsp3) is 0.545. The van der Waals surface area contributed by atoms with E-state index in [1.807, 2.05) is 13.0 Å². The zero-order valence-electron chi connectivity index (χ0n) is 10.3. The molecular weight excluding hydrogens is 218 g/mol. The van der Waals surface area contributed by atoms with Crippen LogP contribution >= 0.6 is 0 Å². The topological polar surface area (TPSA) is 68.8 Å². The lowest BCUT2D eigenvalue weighted by atomic mass is 10.1. The molecule has 2 rings (SSSR count). The van der Waals surface area contributed by atoms with Crippen LogP contribution in [0.4, 0.5) is 0 Å². The van der Waals surface area contributed by atoms with Crippen molar-refractivity contribution in [2.75, 3.05) is 6.54 Å². The minimum atomic E-state index is 0.168. The molecule has 0 aromatic carbocycles. The number of aryl methyl sites for hydroxylation is 2. The third kappa shape index (κ3) is 2.91. The summed E-state index contributed by atoms with van der Waals surface area (Å²) in [6.07, 6.45) is 2.49. The smallest absolute Gasteiger partial charge is 0.176 e. The van der Waals surface area contributed by atoms with Crippen LogP contribution in [0.25, 0.3) is 0 Å². The fourth-order valence-electron chi connectivity index (χ4n) is 1.79. The maximum atomic E-state index is 5.33. The van der Waals surface area contributed by atoms with E-state index in [0.29, 0.717) is 6.42 Å². The normalized spacial score (nSPS) is 12.9. The Hall–Kier alpha value is -1.69. The molecule has 0 radical (unpaired) electrons. The van der Waals surface area contributed by atoms with Gasteiger partial charge in [-0.3, -0.25) is 0 Å². The van der Waals surface area contributed by atoms with Crippen molar-refractivity contribution in [1.82, 2.24) is 25.5 Å². The predicted octanol–water partition coefficient (Wildman–Crippen LogP) is 1.00. The lowest BCUT2D eigenvalue weighted by molar-refractivity contribution is 0.506. The van der Waals surface area contributed by atoms with Crippen molar-refractivity contribution in [3.05, 3.63) is 29.5 Å². The van der Waals surface area contributed by atoms with Crippen LogP contribution in [0.2, 0.25) is 0 Å². The van der Waals surface area contributed by atoms with E-state index < -0.39 is 0 Å². The second-order valence-electron chi connectivity index (χ2n) is 4.00. The van der Waals surface area contributed by atoms with E-state index in [9.17, 15) is 0 Å². The number of aromatic nitrogens is 4. The first kappa shape index (κ1) is 11.8. The van der Waals surface area contributed by atoms with Gasteiger partial charge in [-0.15, -0.1) is 10.2 Å².